The van der Waals surface area contributed by atoms with Crippen LogP contribution in [-0.4, -0.2) is 6.26 Å². The molecule has 0 saturated carbocycles. The number of nitrogens with one attached hydrogen (secondary N) is 1. The third-order valence-electron chi connectivity index (χ3n) is 2.71. The van der Waals surface area contributed by atoms with Crippen LogP contribution in [0.3, 0.4) is 0 Å². The fourth-order valence-corrected chi connectivity index (χ4v) is 2.33. The van der Waals surface area contributed by atoms with E-state index in [1.807, 2.05) is 0 Å². The summed E-state index contributed by atoms with van der Waals surface area (Å²) in [5.74, 6) is 3.00. The van der Waals surface area contributed by atoms with Gasteiger partial charge in [-0.2, -0.15) is 11.8 Å². The maximum atomic E-state index is 5.70. The highest BCUT2D eigenvalue weighted by atomic mass is 32.2. The molecule has 2 rings (SSSR count). The molecule has 0 aliphatic heterocycles. The molecule has 0 aliphatic rings. The minimum absolute atomic E-state index is 0.780. The number of benzene rings is 1. The Morgan fingerprint density at radius 3 is 2.72 bits per heavy atom. The van der Waals surface area contributed by atoms with E-state index >= 15 is 0 Å². The first-order valence-corrected chi connectivity index (χ1v) is 7.50. The third kappa shape index (κ3) is 3.93. The van der Waals surface area contributed by atoms with E-state index in [0.29, 0.717) is 0 Å². The van der Waals surface area contributed by atoms with Gasteiger partial charge in [-0.05, 0) is 30.9 Å². The molecule has 3 heteroatoms. The number of rotatable bonds is 6. The van der Waals surface area contributed by atoms with Crippen molar-refractivity contribution in [3.8, 4) is 0 Å². The maximum absolute atomic E-state index is 5.70. The van der Waals surface area contributed by atoms with Gasteiger partial charge in [0.15, 0.2) is 0 Å². The average molecular weight is 261 g/mol. The molecule has 0 atom stereocenters. The van der Waals surface area contributed by atoms with Crippen LogP contribution in [0.4, 0.5) is 0 Å². The lowest BCUT2D eigenvalue weighted by molar-refractivity contribution is 0.459. The molecule has 0 fully saturated rings. The molecule has 0 bridgehead atoms. The Hall–Kier alpha value is -1.19. The van der Waals surface area contributed by atoms with E-state index in [-0.39, 0.29) is 0 Å². The molecule has 0 unspecified atom stereocenters. The fourth-order valence-electron chi connectivity index (χ4n) is 1.89. The van der Waals surface area contributed by atoms with Gasteiger partial charge in [0.05, 0.1) is 12.3 Å². The van der Waals surface area contributed by atoms with Crippen LogP contribution < -0.4 is 5.32 Å². The molecule has 96 valence electrons. The zero-order valence-electron chi connectivity index (χ0n) is 10.9. The Balaban J connectivity index is 1.81. The molecule has 0 spiro atoms. The second kappa shape index (κ2) is 6.66. The predicted octanol–water partition coefficient (Wildman–Crippen LogP) is 3.74. The summed E-state index contributed by atoms with van der Waals surface area (Å²) in [5.41, 5.74) is 2.61. The predicted molar refractivity (Wildman–Crippen MR) is 77.6 cm³/mol. The summed E-state index contributed by atoms with van der Waals surface area (Å²) in [7, 11) is 0. The van der Waals surface area contributed by atoms with Crippen LogP contribution in [0.2, 0.25) is 0 Å². The first-order valence-electron chi connectivity index (χ1n) is 6.10. The van der Waals surface area contributed by atoms with Crippen molar-refractivity contribution < 1.29 is 4.42 Å². The van der Waals surface area contributed by atoms with Crippen LogP contribution in [0, 0.1) is 6.92 Å². The van der Waals surface area contributed by atoms with E-state index in [1.165, 1.54) is 11.1 Å². The zero-order chi connectivity index (χ0) is 12.8. The number of hydrogen-bond donors (Lipinski definition) is 1. The summed E-state index contributed by atoms with van der Waals surface area (Å²) in [4.78, 5) is 0. The monoisotopic (exact) mass is 261 g/mol. The van der Waals surface area contributed by atoms with Gasteiger partial charge < -0.3 is 9.73 Å². The quantitative estimate of drug-likeness (QED) is 0.857. The molecule has 0 aliphatic carbocycles. The molecule has 1 aromatic heterocycles. The lowest BCUT2D eigenvalue weighted by Crippen LogP contribution is -2.12. The lowest BCUT2D eigenvalue weighted by Gasteiger charge is -2.04. The Kier molecular flexibility index (Phi) is 4.90. The molecule has 0 radical (unpaired) electrons. The second-order valence-electron chi connectivity index (χ2n) is 4.39. The van der Waals surface area contributed by atoms with Crippen LogP contribution in [0.1, 0.15) is 22.6 Å². The topological polar surface area (TPSA) is 25.2 Å². The van der Waals surface area contributed by atoms with Crippen molar-refractivity contribution in [2.24, 2.45) is 0 Å². The van der Waals surface area contributed by atoms with Gasteiger partial charge in [0.2, 0.25) is 0 Å². The Morgan fingerprint density at radius 2 is 1.94 bits per heavy atom. The minimum atomic E-state index is 0.780. The third-order valence-corrected chi connectivity index (χ3v) is 3.29. The standard InChI is InChI=1S/C15H19NOS/c1-12-4-3-5-13(8-12)9-16-10-14-6-7-15(17-14)11-18-2/h3-8,16H,9-11H2,1-2H3. The van der Waals surface area contributed by atoms with E-state index < -0.39 is 0 Å². The Labute approximate surface area is 113 Å². The van der Waals surface area contributed by atoms with E-state index in [1.54, 1.807) is 11.8 Å². The molecule has 1 heterocycles. The van der Waals surface area contributed by atoms with Crippen LogP contribution in [-0.2, 0) is 18.8 Å². The van der Waals surface area contributed by atoms with Crippen LogP contribution in [0.25, 0.3) is 0 Å². The van der Waals surface area contributed by atoms with E-state index in [9.17, 15) is 0 Å². The van der Waals surface area contributed by atoms with E-state index in [0.717, 1.165) is 30.4 Å². The number of hydrogen-bond acceptors (Lipinski definition) is 3. The molecule has 0 saturated heterocycles. The summed E-state index contributed by atoms with van der Waals surface area (Å²) in [6.45, 7) is 3.77. The molecule has 1 N–H and O–H groups in total. The van der Waals surface area contributed by atoms with Crippen LogP contribution in [0.5, 0.6) is 0 Å². The summed E-state index contributed by atoms with van der Waals surface area (Å²) >= 11 is 1.78. The van der Waals surface area contributed by atoms with Crippen molar-refractivity contribution in [3.05, 3.63) is 59.0 Å². The number of aryl methyl sites for hydroxylation is 1. The van der Waals surface area contributed by atoms with Crippen molar-refractivity contribution in [1.29, 1.82) is 0 Å². The summed E-state index contributed by atoms with van der Waals surface area (Å²) in [5, 5.41) is 3.40. The highest BCUT2D eigenvalue weighted by molar-refractivity contribution is 7.97. The van der Waals surface area contributed by atoms with Crippen molar-refractivity contribution in [1.82, 2.24) is 5.32 Å². The molecule has 1 aromatic carbocycles. The SMILES string of the molecule is CSCc1ccc(CNCc2cccc(C)c2)o1. The summed E-state index contributed by atoms with van der Waals surface area (Å²) in [6, 6.07) is 12.7. The molecular formula is C15H19NOS. The van der Waals surface area contributed by atoms with Crippen molar-refractivity contribution in [3.63, 3.8) is 0 Å². The molecule has 18 heavy (non-hydrogen) atoms. The molecule has 0 amide bonds. The van der Waals surface area contributed by atoms with E-state index in [2.05, 4.69) is 54.9 Å². The Morgan fingerprint density at radius 1 is 1.11 bits per heavy atom. The lowest BCUT2D eigenvalue weighted by atomic mass is 10.1. The van der Waals surface area contributed by atoms with Crippen LogP contribution >= 0.6 is 11.8 Å². The van der Waals surface area contributed by atoms with Gasteiger partial charge >= 0.3 is 0 Å². The summed E-state index contributed by atoms with van der Waals surface area (Å²) < 4.78 is 5.70. The molecular weight excluding hydrogens is 242 g/mol. The van der Waals surface area contributed by atoms with Gasteiger partial charge in [0.25, 0.3) is 0 Å². The summed E-state index contributed by atoms with van der Waals surface area (Å²) in [6.07, 6.45) is 2.08. The van der Waals surface area contributed by atoms with Gasteiger partial charge in [-0.3, -0.25) is 0 Å². The van der Waals surface area contributed by atoms with Gasteiger partial charge in [-0.25, -0.2) is 0 Å². The van der Waals surface area contributed by atoms with Crippen molar-refractivity contribution in [2.45, 2.75) is 25.8 Å². The fraction of sp³-hybridized carbons (Fsp3) is 0.333. The van der Waals surface area contributed by atoms with Crippen LogP contribution in [0.15, 0.2) is 40.8 Å². The minimum Gasteiger partial charge on any atom is -0.464 e. The maximum Gasteiger partial charge on any atom is 0.118 e. The van der Waals surface area contributed by atoms with E-state index in [4.69, 9.17) is 4.42 Å². The smallest absolute Gasteiger partial charge is 0.118 e. The average Bonchev–Trinajstić information content (AvgIpc) is 2.78. The van der Waals surface area contributed by atoms with Crippen molar-refractivity contribution >= 4 is 11.8 Å². The van der Waals surface area contributed by atoms with Gasteiger partial charge in [0.1, 0.15) is 11.5 Å². The first kappa shape index (κ1) is 13.2. The normalized spacial score (nSPS) is 10.8. The van der Waals surface area contributed by atoms with Gasteiger partial charge in [-0.1, -0.05) is 29.8 Å². The highest BCUT2D eigenvalue weighted by Crippen LogP contribution is 2.13. The second-order valence-corrected chi connectivity index (χ2v) is 5.26. The first-order chi connectivity index (χ1) is 8.78. The number of thioether (sulfide) groups is 1. The van der Waals surface area contributed by atoms with Crippen molar-refractivity contribution in [2.75, 3.05) is 6.26 Å². The largest absolute Gasteiger partial charge is 0.464 e. The van der Waals surface area contributed by atoms with Gasteiger partial charge in [0, 0.05) is 6.54 Å². The molecule has 2 nitrogen and oxygen atoms in total. The van der Waals surface area contributed by atoms with Gasteiger partial charge in [-0.15, -0.1) is 0 Å². The zero-order valence-corrected chi connectivity index (χ0v) is 11.7. The highest BCUT2D eigenvalue weighted by Gasteiger charge is 2.01. The number of furan rings is 1. The molecule has 2 aromatic rings. The Bertz CT molecular complexity index is 493.